The molecule has 0 radical (unpaired) electrons. The Labute approximate surface area is 228 Å². The molecule has 0 bridgehead atoms. The fraction of sp³-hybridized carbons (Fsp3) is 0.433. The number of hydrogen-bond donors (Lipinski definition) is 1. The highest BCUT2D eigenvalue weighted by molar-refractivity contribution is 6.01. The number of para-hydroxylation sites is 2. The third-order valence-corrected chi connectivity index (χ3v) is 7.65. The Balaban J connectivity index is 1.52. The predicted octanol–water partition coefficient (Wildman–Crippen LogP) is 4.74. The first-order chi connectivity index (χ1) is 18.7. The first-order valence-corrected chi connectivity index (χ1v) is 13.5. The number of carbonyl (C=O) groups is 3. The van der Waals surface area contributed by atoms with E-state index in [1.54, 1.807) is 28.9 Å². The SMILES string of the molecule is CCOC(=O)N1CCN(C(=O)CN2c3ccccc3NC3=C(C(=O)CC(C)(C)C3)C2c2ccc(F)cc2)CC1. The van der Waals surface area contributed by atoms with E-state index in [2.05, 4.69) is 19.2 Å². The summed E-state index contributed by atoms with van der Waals surface area (Å²) in [5, 5.41) is 3.53. The van der Waals surface area contributed by atoms with Gasteiger partial charge in [-0.2, -0.15) is 0 Å². The van der Waals surface area contributed by atoms with Crippen molar-refractivity contribution < 1.29 is 23.5 Å². The molecule has 0 saturated carbocycles. The number of ketones is 1. The molecule has 5 rings (SSSR count). The normalized spacial score (nSPS) is 20.6. The van der Waals surface area contributed by atoms with Gasteiger partial charge in [-0.3, -0.25) is 9.59 Å². The first-order valence-electron chi connectivity index (χ1n) is 13.5. The maximum atomic E-state index is 14.0. The van der Waals surface area contributed by atoms with Crippen LogP contribution in [0.25, 0.3) is 0 Å². The minimum atomic E-state index is -0.565. The third kappa shape index (κ3) is 5.48. The average Bonchev–Trinajstić information content (AvgIpc) is 3.03. The first kappa shape index (κ1) is 26.7. The smallest absolute Gasteiger partial charge is 0.409 e. The van der Waals surface area contributed by atoms with Gasteiger partial charge in [0.25, 0.3) is 0 Å². The second-order valence-corrected chi connectivity index (χ2v) is 11.1. The van der Waals surface area contributed by atoms with Gasteiger partial charge in [0.1, 0.15) is 5.82 Å². The molecule has 2 aliphatic heterocycles. The minimum Gasteiger partial charge on any atom is -0.450 e. The Morgan fingerprint density at radius 2 is 1.67 bits per heavy atom. The number of nitrogens with one attached hydrogen (secondary N) is 1. The van der Waals surface area contributed by atoms with Crippen molar-refractivity contribution in [1.82, 2.24) is 9.80 Å². The van der Waals surface area contributed by atoms with Crippen LogP contribution in [0.15, 0.2) is 59.8 Å². The van der Waals surface area contributed by atoms with E-state index < -0.39 is 6.04 Å². The Hall–Kier alpha value is -3.88. The van der Waals surface area contributed by atoms with Gasteiger partial charge in [0, 0.05) is 43.9 Å². The van der Waals surface area contributed by atoms with Gasteiger partial charge in [0.2, 0.25) is 5.91 Å². The molecule has 2 aromatic rings. The minimum absolute atomic E-state index is 0.0214. The van der Waals surface area contributed by atoms with Gasteiger partial charge in [-0.15, -0.1) is 0 Å². The maximum absolute atomic E-state index is 14.0. The zero-order valence-electron chi connectivity index (χ0n) is 22.7. The summed E-state index contributed by atoms with van der Waals surface area (Å²) in [5.74, 6) is -0.442. The number of amides is 2. The van der Waals surface area contributed by atoms with Gasteiger partial charge in [-0.1, -0.05) is 38.1 Å². The van der Waals surface area contributed by atoms with Gasteiger partial charge in [-0.25, -0.2) is 9.18 Å². The van der Waals surface area contributed by atoms with Crippen LogP contribution < -0.4 is 10.2 Å². The van der Waals surface area contributed by atoms with Crippen molar-refractivity contribution in [3.05, 3.63) is 71.2 Å². The topological polar surface area (TPSA) is 82.2 Å². The van der Waals surface area contributed by atoms with E-state index in [0.29, 0.717) is 51.2 Å². The van der Waals surface area contributed by atoms with Crippen LogP contribution in [0.3, 0.4) is 0 Å². The number of halogens is 1. The number of allylic oxidation sites excluding steroid dienone is 1. The molecule has 1 atom stereocenters. The Bertz CT molecular complexity index is 1300. The standard InChI is InChI=1S/C30H35FN4O4/c1-4-39-29(38)34-15-13-33(14-16-34)26(37)19-35-24-8-6-5-7-22(24)32-23-17-30(2,3)18-25(36)27(23)28(35)20-9-11-21(31)12-10-20/h5-12,28,32H,4,13-19H2,1-3H3. The average molecular weight is 535 g/mol. The molecule has 2 heterocycles. The molecular weight excluding hydrogens is 499 g/mol. The lowest BCUT2D eigenvalue weighted by atomic mass is 9.73. The molecule has 1 fully saturated rings. The summed E-state index contributed by atoms with van der Waals surface area (Å²) in [6, 6.07) is 13.3. The summed E-state index contributed by atoms with van der Waals surface area (Å²) in [7, 11) is 0. The summed E-state index contributed by atoms with van der Waals surface area (Å²) >= 11 is 0. The van der Waals surface area contributed by atoms with Crippen molar-refractivity contribution in [2.75, 3.05) is 49.5 Å². The Morgan fingerprint density at radius 3 is 2.36 bits per heavy atom. The molecule has 1 aliphatic carbocycles. The van der Waals surface area contributed by atoms with E-state index in [9.17, 15) is 18.8 Å². The largest absolute Gasteiger partial charge is 0.450 e. The Kier molecular flexibility index (Phi) is 7.34. The van der Waals surface area contributed by atoms with Crippen molar-refractivity contribution in [1.29, 1.82) is 0 Å². The number of fused-ring (bicyclic) bond motifs is 1. The number of piperazine rings is 1. The van der Waals surface area contributed by atoms with E-state index in [1.165, 1.54) is 12.1 Å². The molecule has 8 nitrogen and oxygen atoms in total. The lowest BCUT2D eigenvalue weighted by Gasteiger charge is -2.39. The van der Waals surface area contributed by atoms with Crippen LogP contribution >= 0.6 is 0 Å². The summed E-state index contributed by atoms with van der Waals surface area (Å²) in [5.41, 5.74) is 3.61. The maximum Gasteiger partial charge on any atom is 0.409 e. The predicted molar refractivity (Wildman–Crippen MR) is 147 cm³/mol. The summed E-state index contributed by atoms with van der Waals surface area (Å²) in [6.07, 6.45) is 0.698. The van der Waals surface area contributed by atoms with E-state index in [0.717, 1.165) is 22.6 Å². The van der Waals surface area contributed by atoms with Crippen LogP contribution in [0.2, 0.25) is 0 Å². The fourth-order valence-corrected chi connectivity index (χ4v) is 5.82. The van der Waals surface area contributed by atoms with Crippen LogP contribution in [0.1, 0.15) is 45.2 Å². The molecular formula is C30H35FN4O4. The molecule has 39 heavy (non-hydrogen) atoms. The van der Waals surface area contributed by atoms with E-state index >= 15 is 0 Å². The van der Waals surface area contributed by atoms with Gasteiger partial charge in [-0.05, 0) is 48.6 Å². The highest BCUT2D eigenvalue weighted by Gasteiger charge is 2.42. The molecule has 206 valence electrons. The Morgan fingerprint density at radius 1 is 1.00 bits per heavy atom. The van der Waals surface area contributed by atoms with Crippen LogP contribution in [-0.4, -0.2) is 66.9 Å². The number of carbonyl (C=O) groups excluding carboxylic acids is 3. The molecule has 2 amide bonds. The zero-order valence-corrected chi connectivity index (χ0v) is 22.7. The number of benzene rings is 2. The summed E-state index contributed by atoms with van der Waals surface area (Å²) in [4.78, 5) is 44.9. The van der Waals surface area contributed by atoms with Gasteiger partial charge < -0.3 is 24.8 Å². The highest BCUT2D eigenvalue weighted by atomic mass is 19.1. The molecule has 0 aromatic heterocycles. The quantitative estimate of drug-likeness (QED) is 0.610. The van der Waals surface area contributed by atoms with Gasteiger partial charge in [0.15, 0.2) is 5.78 Å². The number of nitrogens with zero attached hydrogens (tertiary/aromatic N) is 3. The van der Waals surface area contributed by atoms with Crippen LogP contribution in [0, 0.1) is 11.2 Å². The third-order valence-electron chi connectivity index (χ3n) is 7.65. The lowest BCUT2D eigenvalue weighted by molar-refractivity contribution is -0.131. The van der Waals surface area contributed by atoms with Crippen molar-refractivity contribution in [3.8, 4) is 0 Å². The van der Waals surface area contributed by atoms with Crippen molar-refractivity contribution in [2.45, 2.75) is 39.7 Å². The fourth-order valence-electron chi connectivity index (χ4n) is 5.82. The van der Waals surface area contributed by atoms with Crippen molar-refractivity contribution in [2.24, 2.45) is 5.41 Å². The number of Topliss-reactive ketones (excluding diaryl/α,β-unsaturated/α-hetero) is 1. The van der Waals surface area contributed by atoms with E-state index in [4.69, 9.17) is 4.74 Å². The molecule has 1 N–H and O–H groups in total. The van der Waals surface area contributed by atoms with Crippen LogP contribution in [0.4, 0.5) is 20.6 Å². The second kappa shape index (κ2) is 10.7. The number of hydrogen-bond acceptors (Lipinski definition) is 6. The van der Waals surface area contributed by atoms with Crippen LogP contribution in [-0.2, 0) is 14.3 Å². The summed E-state index contributed by atoms with van der Waals surface area (Å²) in [6.45, 7) is 7.84. The number of rotatable bonds is 4. The molecule has 2 aromatic carbocycles. The van der Waals surface area contributed by atoms with Gasteiger partial charge in [0.05, 0.1) is 30.6 Å². The molecule has 0 spiro atoms. The lowest BCUT2D eigenvalue weighted by Crippen LogP contribution is -2.53. The molecule has 3 aliphatic rings. The second-order valence-electron chi connectivity index (χ2n) is 11.1. The highest BCUT2D eigenvalue weighted by Crippen LogP contribution is 2.48. The van der Waals surface area contributed by atoms with E-state index in [-0.39, 0.29) is 35.6 Å². The van der Waals surface area contributed by atoms with Crippen molar-refractivity contribution >= 4 is 29.2 Å². The van der Waals surface area contributed by atoms with E-state index in [1.807, 2.05) is 29.2 Å². The van der Waals surface area contributed by atoms with Crippen LogP contribution in [0.5, 0.6) is 0 Å². The van der Waals surface area contributed by atoms with Crippen molar-refractivity contribution in [3.63, 3.8) is 0 Å². The number of anilines is 2. The molecule has 1 unspecified atom stereocenters. The monoisotopic (exact) mass is 534 g/mol. The van der Waals surface area contributed by atoms with Gasteiger partial charge >= 0.3 is 6.09 Å². The molecule has 1 saturated heterocycles. The number of ether oxygens (including phenoxy) is 1. The summed E-state index contributed by atoms with van der Waals surface area (Å²) < 4.78 is 19.1. The zero-order chi connectivity index (χ0) is 27.7. The molecule has 9 heteroatoms.